The molecule has 2 rings (SSSR count). The van der Waals surface area contributed by atoms with Crippen LogP contribution in [0.25, 0.3) is 11.5 Å². The zero-order valence-electron chi connectivity index (χ0n) is 7.76. The highest BCUT2D eigenvalue weighted by Crippen LogP contribution is 2.17. The minimum Gasteiger partial charge on any atom is -0.449 e. The Morgan fingerprint density at radius 2 is 2.21 bits per heavy atom. The van der Waals surface area contributed by atoms with E-state index in [1.165, 1.54) is 6.26 Å². The first-order valence-electron chi connectivity index (χ1n) is 4.11. The lowest BCUT2D eigenvalue weighted by molar-refractivity contribution is 0.152. The van der Waals surface area contributed by atoms with E-state index >= 15 is 0 Å². The van der Waals surface area contributed by atoms with Gasteiger partial charge in [0.15, 0.2) is 5.89 Å². The Balaban J connectivity index is 2.33. The molecule has 6 heteroatoms. The number of nitrogens with zero attached hydrogens (tertiary/aromatic N) is 3. The first-order valence-corrected chi connectivity index (χ1v) is 4.11. The second-order valence-electron chi connectivity index (χ2n) is 2.88. The van der Waals surface area contributed by atoms with E-state index in [1.807, 2.05) is 0 Å². The van der Waals surface area contributed by atoms with Crippen LogP contribution in [0.1, 0.15) is 24.8 Å². The van der Waals surface area contributed by atoms with E-state index < -0.39 is 6.10 Å². The van der Waals surface area contributed by atoms with E-state index in [-0.39, 0.29) is 5.89 Å². The molecule has 2 aromatic heterocycles. The van der Waals surface area contributed by atoms with Crippen molar-refractivity contribution in [2.24, 2.45) is 0 Å². The number of oxazole rings is 1. The summed E-state index contributed by atoms with van der Waals surface area (Å²) in [6.07, 6.45) is 0.663. The van der Waals surface area contributed by atoms with Gasteiger partial charge in [-0.2, -0.15) is 4.98 Å². The van der Waals surface area contributed by atoms with Crippen molar-refractivity contribution in [3.63, 3.8) is 0 Å². The van der Waals surface area contributed by atoms with Gasteiger partial charge in [-0.25, -0.2) is 4.98 Å². The molecule has 0 aromatic carbocycles. The molecule has 0 spiro atoms. The Morgan fingerprint density at radius 1 is 1.43 bits per heavy atom. The fourth-order valence-electron chi connectivity index (χ4n) is 0.975. The summed E-state index contributed by atoms with van der Waals surface area (Å²) < 4.78 is 9.79. The zero-order chi connectivity index (χ0) is 10.1. The fourth-order valence-corrected chi connectivity index (χ4v) is 0.975. The molecule has 1 unspecified atom stereocenters. The van der Waals surface area contributed by atoms with E-state index in [0.717, 1.165) is 0 Å². The van der Waals surface area contributed by atoms with Gasteiger partial charge in [-0.15, -0.1) is 0 Å². The Labute approximate surface area is 79.6 Å². The van der Waals surface area contributed by atoms with E-state index in [0.29, 0.717) is 17.4 Å². The number of aliphatic hydroxyl groups excluding tert-OH is 1. The molecule has 1 atom stereocenters. The number of aliphatic hydroxyl groups is 1. The van der Waals surface area contributed by atoms with Gasteiger partial charge in [-0.1, -0.05) is 5.16 Å². The van der Waals surface area contributed by atoms with Crippen LogP contribution in [-0.2, 0) is 0 Å². The third kappa shape index (κ3) is 1.51. The van der Waals surface area contributed by atoms with Crippen molar-refractivity contribution in [3.8, 4) is 11.5 Å². The molecule has 2 aromatic rings. The Morgan fingerprint density at radius 3 is 2.71 bits per heavy atom. The molecule has 0 saturated heterocycles. The van der Waals surface area contributed by atoms with Crippen LogP contribution in [-0.4, -0.2) is 20.2 Å². The third-order valence-corrected chi connectivity index (χ3v) is 1.65. The lowest BCUT2D eigenvalue weighted by Gasteiger charge is -1.91. The maximum atomic E-state index is 9.15. The van der Waals surface area contributed by atoms with Crippen molar-refractivity contribution in [1.82, 2.24) is 15.1 Å². The second kappa shape index (κ2) is 3.22. The highest BCUT2D eigenvalue weighted by molar-refractivity contribution is 5.45. The molecule has 1 N–H and O–H groups in total. The van der Waals surface area contributed by atoms with Crippen LogP contribution in [0.2, 0.25) is 0 Å². The summed E-state index contributed by atoms with van der Waals surface area (Å²) in [4.78, 5) is 7.96. The molecule has 0 saturated carbocycles. The summed E-state index contributed by atoms with van der Waals surface area (Å²) in [7, 11) is 0. The standard InChI is InChI=1S/C8H9N3O3/c1-4(12)8-10-7(11-14-8)6-3-13-5(2)9-6/h3-4,12H,1-2H3. The van der Waals surface area contributed by atoms with Gasteiger partial charge in [0.05, 0.1) is 0 Å². The Bertz CT molecular complexity index is 432. The van der Waals surface area contributed by atoms with Crippen LogP contribution in [0, 0.1) is 6.92 Å². The van der Waals surface area contributed by atoms with Crippen LogP contribution in [0.15, 0.2) is 15.2 Å². The normalized spacial score (nSPS) is 13.1. The zero-order valence-corrected chi connectivity index (χ0v) is 7.76. The largest absolute Gasteiger partial charge is 0.449 e. The highest BCUT2D eigenvalue weighted by atomic mass is 16.5. The van der Waals surface area contributed by atoms with Crippen molar-refractivity contribution in [1.29, 1.82) is 0 Å². The molecular formula is C8H9N3O3. The van der Waals surface area contributed by atoms with Gasteiger partial charge < -0.3 is 14.0 Å². The molecule has 0 amide bonds. The molecule has 0 radical (unpaired) electrons. The van der Waals surface area contributed by atoms with Crippen LogP contribution >= 0.6 is 0 Å². The SMILES string of the molecule is Cc1nc(-c2noc(C(C)O)n2)co1. The first-order chi connectivity index (χ1) is 6.66. The maximum absolute atomic E-state index is 9.15. The van der Waals surface area contributed by atoms with Gasteiger partial charge in [-0.3, -0.25) is 0 Å². The average Bonchev–Trinajstić information content (AvgIpc) is 2.70. The summed E-state index contributed by atoms with van der Waals surface area (Å²) in [5, 5.41) is 12.8. The lowest BCUT2D eigenvalue weighted by atomic mass is 10.4. The summed E-state index contributed by atoms with van der Waals surface area (Å²) >= 11 is 0. The number of aromatic nitrogens is 3. The molecule has 74 valence electrons. The topological polar surface area (TPSA) is 85.2 Å². The lowest BCUT2D eigenvalue weighted by Crippen LogP contribution is -1.90. The molecule has 0 aliphatic carbocycles. The quantitative estimate of drug-likeness (QED) is 0.771. The van der Waals surface area contributed by atoms with Crippen molar-refractivity contribution in [2.75, 3.05) is 0 Å². The first kappa shape index (κ1) is 8.89. The van der Waals surface area contributed by atoms with Gasteiger partial charge in [0.1, 0.15) is 18.1 Å². The van der Waals surface area contributed by atoms with Gasteiger partial charge in [-0.05, 0) is 6.92 Å². The van der Waals surface area contributed by atoms with Crippen molar-refractivity contribution >= 4 is 0 Å². The number of hydrogen-bond acceptors (Lipinski definition) is 6. The van der Waals surface area contributed by atoms with Crippen molar-refractivity contribution < 1.29 is 14.0 Å². The summed E-state index contributed by atoms with van der Waals surface area (Å²) in [5.41, 5.74) is 0.498. The fraction of sp³-hybridized carbons (Fsp3) is 0.375. The van der Waals surface area contributed by atoms with Crippen LogP contribution < -0.4 is 0 Å². The van der Waals surface area contributed by atoms with E-state index in [1.54, 1.807) is 13.8 Å². The van der Waals surface area contributed by atoms with Crippen LogP contribution in [0.4, 0.5) is 0 Å². The summed E-state index contributed by atoms with van der Waals surface area (Å²) in [6.45, 7) is 3.27. The third-order valence-electron chi connectivity index (χ3n) is 1.65. The predicted molar refractivity (Wildman–Crippen MR) is 45.2 cm³/mol. The number of hydrogen-bond donors (Lipinski definition) is 1. The predicted octanol–water partition coefficient (Wildman–Crippen LogP) is 1.09. The molecule has 0 fully saturated rings. The molecule has 6 nitrogen and oxygen atoms in total. The van der Waals surface area contributed by atoms with Gasteiger partial charge in [0.2, 0.25) is 5.82 Å². The van der Waals surface area contributed by atoms with Gasteiger partial charge in [0.25, 0.3) is 5.89 Å². The Kier molecular flexibility index (Phi) is 2.05. The summed E-state index contributed by atoms with van der Waals surface area (Å²) in [5.74, 6) is 1.02. The molecule has 0 aliphatic rings. The summed E-state index contributed by atoms with van der Waals surface area (Å²) in [6, 6.07) is 0. The molecule has 0 aliphatic heterocycles. The number of rotatable bonds is 2. The average molecular weight is 195 g/mol. The minimum absolute atomic E-state index is 0.167. The second-order valence-corrected chi connectivity index (χ2v) is 2.88. The van der Waals surface area contributed by atoms with Crippen LogP contribution in [0.5, 0.6) is 0 Å². The van der Waals surface area contributed by atoms with E-state index in [9.17, 15) is 0 Å². The highest BCUT2D eigenvalue weighted by Gasteiger charge is 2.14. The van der Waals surface area contributed by atoms with Crippen LogP contribution in [0.3, 0.4) is 0 Å². The van der Waals surface area contributed by atoms with Gasteiger partial charge in [0, 0.05) is 6.92 Å². The molecule has 2 heterocycles. The number of aryl methyl sites for hydroxylation is 1. The minimum atomic E-state index is -0.774. The maximum Gasteiger partial charge on any atom is 0.255 e. The monoisotopic (exact) mass is 195 g/mol. The molecule has 0 bridgehead atoms. The van der Waals surface area contributed by atoms with E-state index in [4.69, 9.17) is 14.0 Å². The van der Waals surface area contributed by atoms with E-state index in [2.05, 4.69) is 15.1 Å². The van der Waals surface area contributed by atoms with Gasteiger partial charge >= 0.3 is 0 Å². The molecular weight excluding hydrogens is 186 g/mol. The van der Waals surface area contributed by atoms with Crippen molar-refractivity contribution in [3.05, 3.63) is 18.0 Å². The Hall–Kier alpha value is -1.69. The smallest absolute Gasteiger partial charge is 0.255 e. The molecule has 14 heavy (non-hydrogen) atoms. The van der Waals surface area contributed by atoms with Crippen molar-refractivity contribution in [2.45, 2.75) is 20.0 Å².